The molecule has 0 bridgehead atoms. The van der Waals surface area contributed by atoms with Gasteiger partial charge in [0.05, 0.1) is 19.9 Å². The van der Waals surface area contributed by atoms with E-state index in [9.17, 15) is 4.79 Å². The van der Waals surface area contributed by atoms with Crippen molar-refractivity contribution >= 4 is 28.9 Å². The number of hydrogen-bond donors (Lipinski definition) is 0. The Morgan fingerprint density at radius 3 is 2.58 bits per heavy atom. The number of allylic oxidation sites excluding steroid dienone is 1. The molecule has 0 saturated heterocycles. The Kier molecular flexibility index (Phi) is 2.89. The first kappa shape index (κ1) is 12.3. The van der Waals surface area contributed by atoms with E-state index in [0.29, 0.717) is 22.3 Å². The van der Waals surface area contributed by atoms with Crippen LogP contribution in [0.15, 0.2) is 28.7 Å². The Morgan fingerprint density at radius 1 is 1.32 bits per heavy atom. The van der Waals surface area contributed by atoms with Gasteiger partial charge in [0.15, 0.2) is 11.5 Å². The molecule has 0 aromatic carbocycles. The second-order valence-electron chi connectivity index (χ2n) is 4.68. The van der Waals surface area contributed by atoms with E-state index in [-0.39, 0.29) is 11.9 Å². The number of amides is 1. The zero-order valence-corrected chi connectivity index (χ0v) is 11.6. The number of carbonyl (C=O) groups excluding carboxylic acids is 1. The molecule has 1 fully saturated rings. The molecule has 1 atom stereocenters. The summed E-state index contributed by atoms with van der Waals surface area (Å²) in [6, 6.07) is 0.234. The van der Waals surface area contributed by atoms with Crippen LogP contribution >= 0.6 is 12.2 Å². The van der Waals surface area contributed by atoms with Gasteiger partial charge in [-0.3, -0.25) is 9.69 Å². The van der Waals surface area contributed by atoms with Crippen molar-refractivity contribution in [1.29, 1.82) is 0 Å². The highest BCUT2D eigenvalue weighted by Crippen LogP contribution is 2.34. The van der Waals surface area contributed by atoms with E-state index in [1.165, 1.54) is 0 Å². The maximum Gasteiger partial charge on any atom is 0.242 e. The average Bonchev–Trinajstić information content (AvgIpc) is 3.22. The van der Waals surface area contributed by atoms with Crippen LogP contribution in [-0.2, 0) is 14.3 Å². The van der Waals surface area contributed by atoms with Crippen LogP contribution in [-0.4, -0.2) is 41.9 Å². The molecule has 100 valence electrons. The Hall–Kier alpha value is -1.69. The summed E-state index contributed by atoms with van der Waals surface area (Å²) in [5, 5.41) is 0.361. The van der Waals surface area contributed by atoms with Crippen LogP contribution in [0.5, 0.6) is 0 Å². The van der Waals surface area contributed by atoms with E-state index in [0.717, 1.165) is 12.8 Å². The van der Waals surface area contributed by atoms with Crippen molar-refractivity contribution in [3.8, 4) is 0 Å². The first-order chi connectivity index (χ1) is 9.15. The van der Waals surface area contributed by atoms with Gasteiger partial charge in [-0.2, -0.15) is 0 Å². The minimum atomic E-state index is -0.416. The summed E-state index contributed by atoms with van der Waals surface area (Å²) in [4.78, 5) is 18.5. The topological polar surface area (TPSA) is 51.1 Å². The highest BCUT2D eigenvalue weighted by atomic mass is 32.1. The molecule has 0 radical (unpaired) electrons. The quantitative estimate of drug-likeness (QED) is 0.732. The van der Waals surface area contributed by atoms with Crippen LogP contribution in [0.2, 0.25) is 0 Å². The monoisotopic (exact) mass is 278 g/mol. The molecule has 0 aromatic rings. The van der Waals surface area contributed by atoms with Gasteiger partial charge in [-0.05, 0) is 31.1 Å². The molecule has 1 aliphatic heterocycles. The van der Waals surface area contributed by atoms with Gasteiger partial charge in [0, 0.05) is 12.1 Å². The predicted octanol–water partition coefficient (Wildman–Crippen LogP) is 1.41. The van der Waals surface area contributed by atoms with Crippen LogP contribution in [0, 0.1) is 5.92 Å². The number of thiocarbonyl (C=S) groups is 1. The van der Waals surface area contributed by atoms with Gasteiger partial charge in [0.2, 0.25) is 11.0 Å². The summed E-state index contributed by atoms with van der Waals surface area (Å²) in [6.45, 7) is 0. The lowest BCUT2D eigenvalue weighted by molar-refractivity contribution is -0.129. The van der Waals surface area contributed by atoms with Crippen molar-refractivity contribution in [3.63, 3.8) is 0 Å². The fourth-order valence-corrected chi connectivity index (χ4v) is 2.66. The van der Waals surface area contributed by atoms with Crippen LogP contribution in [0.3, 0.4) is 0 Å². The summed E-state index contributed by atoms with van der Waals surface area (Å²) >= 11 is 5.22. The van der Waals surface area contributed by atoms with Crippen molar-refractivity contribution in [2.24, 2.45) is 10.9 Å². The number of methoxy groups -OCH3 is 2. The molecular weight excluding hydrogens is 264 g/mol. The van der Waals surface area contributed by atoms with Gasteiger partial charge >= 0.3 is 0 Å². The van der Waals surface area contributed by atoms with E-state index in [1.807, 2.05) is 0 Å². The SMILES string of the molecule is COC1=CC2=NC(=S)N(C3CC3)C(=O)C2C=C1OC. The Labute approximate surface area is 116 Å². The Bertz CT molecular complexity index is 546. The maximum atomic E-state index is 12.5. The molecule has 19 heavy (non-hydrogen) atoms. The first-order valence-corrected chi connectivity index (χ1v) is 6.54. The molecule has 1 saturated carbocycles. The lowest BCUT2D eigenvalue weighted by Crippen LogP contribution is -2.47. The molecule has 0 spiro atoms. The van der Waals surface area contributed by atoms with E-state index in [1.54, 1.807) is 31.3 Å². The lowest BCUT2D eigenvalue weighted by Gasteiger charge is -2.31. The van der Waals surface area contributed by atoms with Gasteiger partial charge in [-0.25, -0.2) is 4.99 Å². The van der Waals surface area contributed by atoms with Crippen molar-refractivity contribution in [3.05, 3.63) is 23.7 Å². The number of carbonyl (C=O) groups is 1. The third-order valence-corrected chi connectivity index (χ3v) is 3.73. The average molecular weight is 278 g/mol. The van der Waals surface area contributed by atoms with Gasteiger partial charge in [0.1, 0.15) is 5.92 Å². The molecule has 1 heterocycles. The number of hydrogen-bond acceptors (Lipinski definition) is 4. The summed E-state index contributed by atoms with van der Waals surface area (Å²) < 4.78 is 10.5. The van der Waals surface area contributed by atoms with Gasteiger partial charge in [0.25, 0.3) is 0 Å². The van der Waals surface area contributed by atoms with E-state index < -0.39 is 5.92 Å². The first-order valence-electron chi connectivity index (χ1n) is 6.13. The Balaban J connectivity index is 2.00. The minimum Gasteiger partial charge on any atom is -0.493 e. The highest BCUT2D eigenvalue weighted by Gasteiger charge is 2.43. The fraction of sp³-hybridized carbons (Fsp3) is 0.462. The normalized spacial score (nSPS) is 26.3. The number of aliphatic imine (C=N–C) groups is 1. The Morgan fingerprint density at radius 2 is 2.00 bits per heavy atom. The van der Waals surface area contributed by atoms with E-state index in [2.05, 4.69) is 4.99 Å². The van der Waals surface area contributed by atoms with E-state index >= 15 is 0 Å². The number of nitrogens with zero attached hydrogens (tertiary/aromatic N) is 2. The summed E-state index contributed by atoms with van der Waals surface area (Å²) in [5.41, 5.74) is 0.629. The van der Waals surface area contributed by atoms with Crippen LogP contribution in [0.4, 0.5) is 0 Å². The molecule has 2 aliphatic carbocycles. The maximum absolute atomic E-state index is 12.5. The van der Waals surface area contributed by atoms with Gasteiger partial charge < -0.3 is 9.47 Å². The number of fused-ring (bicyclic) bond motifs is 1. The van der Waals surface area contributed by atoms with Crippen molar-refractivity contribution in [2.75, 3.05) is 14.2 Å². The zero-order chi connectivity index (χ0) is 13.6. The molecule has 3 aliphatic rings. The molecule has 0 aromatic heterocycles. The second-order valence-corrected chi connectivity index (χ2v) is 5.05. The number of ether oxygens (including phenoxy) is 2. The van der Waals surface area contributed by atoms with Crippen molar-refractivity contribution in [1.82, 2.24) is 4.90 Å². The molecule has 0 N–H and O–H groups in total. The molecular formula is C13H14N2O3S. The highest BCUT2D eigenvalue weighted by molar-refractivity contribution is 7.80. The third-order valence-electron chi connectivity index (χ3n) is 3.44. The molecule has 1 amide bonds. The zero-order valence-electron chi connectivity index (χ0n) is 10.8. The summed E-state index contributed by atoms with van der Waals surface area (Å²) in [6.07, 6.45) is 5.47. The van der Waals surface area contributed by atoms with Gasteiger partial charge in [-0.15, -0.1) is 0 Å². The van der Waals surface area contributed by atoms with Crippen molar-refractivity contribution in [2.45, 2.75) is 18.9 Å². The van der Waals surface area contributed by atoms with Crippen molar-refractivity contribution < 1.29 is 14.3 Å². The smallest absolute Gasteiger partial charge is 0.242 e. The largest absolute Gasteiger partial charge is 0.493 e. The van der Waals surface area contributed by atoms with Crippen LogP contribution in [0.25, 0.3) is 0 Å². The standard InChI is InChI=1S/C13H14N2O3S/c1-17-10-5-8-9(6-11(10)18-2)14-13(19)15(12(8)16)7-3-4-7/h5-8H,3-4H2,1-2H3. The molecule has 3 rings (SSSR count). The summed E-state index contributed by atoms with van der Waals surface area (Å²) in [5.74, 6) is 0.691. The van der Waals surface area contributed by atoms with Crippen LogP contribution in [0.1, 0.15) is 12.8 Å². The predicted molar refractivity (Wildman–Crippen MR) is 73.6 cm³/mol. The third kappa shape index (κ3) is 1.96. The van der Waals surface area contributed by atoms with Crippen LogP contribution < -0.4 is 0 Å². The summed E-state index contributed by atoms with van der Waals surface area (Å²) in [7, 11) is 3.11. The minimum absolute atomic E-state index is 0.0153. The second kappa shape index (κ2) is 4.45. The van der Waals surface area contributed by atoms with Gasteiger partial charge in [-0.1, -0.05) is 0 Å². The lowest BCUT2D eigenvalue weighted by atomic mass is 9.93. The fourth-order valence-electron chi connectivity index (χ4n) is 2.32. The molecule has 1 unspecified atom stereocenters. The molecule has 6 heteroatoms. The molecule has 5 nitrogen and oxygen atoms in total. The van der Waals surface area contributed by atoms with E-state index in [4.69, 9.17) is 21.7 Å². The number of rotatable bonds is 3.